The van der Waals surface area contributed by atoms with Crippen molar-refractivity contribution in [2.24, 2.45) is 0 Å². The molecule has 0 saturated carbocycles. The van der Waals surface area contributed by atoms with Gasteiger partial charge in [0.15, 0.2) is 0 Å². The van der Waals surface area contributed by atoms with E-state index in [1.807, 2.05) is 0 Å². The molecule has 0 saturated heterocycles. The van der Waals surface area contributed by atoms with Crippen LogP contribution in [0.25, 0.3) is 0 Å². The molecule has 0 fully saturated rings. The summed E-state index contributed by atoms with van der Waals surface area (Å²) in [7, 11) is -2.28. The lowest BCUT2D eigenvalue weighted by Gasteiger charge is -2.27. The quantitative estimate of drug-likeness (QED) is 0.471. The summed E-state index contributed by atoms with van der Waals surface area (Å²) in [6, 6.07) is 0. The molecule has 0 nitrogen and oxygen atoms in total. The van der Waals surface area contributed by atoms with Gasteiger partial charge in [0.1, 0.15) is 17.8 Å². The SMILES string of the molecule is C[Si](C)(C)C1=C(F)C(F)C(F)=CC1F. The summed E-state index contributed by atoms with van der Waals surface area (Å²) in [5, 5.41) is -0.175. The highest BCUT2D eigenvalue weighted by atomic mass is 28.3. The van der Waals surface area contributed by atoms with Crippen LogP contribution in [0.2, 0.25) is 19.6 Å². The third-order valence-corrected chi connectivity index (χ3v) is 4.24. The fraction of sp³-hybridized carbons (Fsp3) is 0.556. The predicted octanol–water partition coefficient (Wildman–Crippen LogP) is 3.63. The van der Waals surface area contributed by atoms with Gasteiger partial charge in [-0.25, -0.2) is 17.6 Å². The van der Waals surface area contributed by atoms with E-state index in [0.29, 0.717) is 6.08 Å². The van der Waals surface area contributed by atoms with E-state index in [9.17, 15) is 17.6 Å². The molecule has 1 rings (SSSR count). The monoisotopic (exact) mass is 224 g/mol. The second-order valence-electron chi connectivity index (χ2n) is 4.33. The van der Waals surface area contributed by atoms with Crippen molar-refractivity contribution in [3.05, 3.63) is 22.9 Å². The number of rotatable bonds is 1. The Bertz CT molecular complexity index is 300. The van der Waals surface area contributed by atoms with Crippen LogP contribution < -0.4 is 0 Å². The smallest absolute Gasteiger partial charge is 0.202 e. The fourth-order valence-corrected chi connectivity index (χ4v) is 3.22. The van der Waals surface area contributed by atoms with E-state index in [1.165, 1.54) is 0 Å². The molecule has 80 valence electrons. The summed E-state index contributed by atoms with van der Waals surface area (Å²) in [5.74, 6) is -2.63. The van der Waals surface area contributed by atoms with Crippen molar-refractivity contribution in [3.8, 4) is 0 Å². The third kappa shape index (κ3) is 1.92. The van der Waals surface area contributed by atoms with E-state index in [1.54, 1.807) is 19.6 Å². The summed E-state index contributed by atoms with van der Waals surface area (Å²) < 4.78 is 52.1. The van der Waals surface area contributed by atoms with Gasteiger partial charge in [-0.15, -0.1) is 0 Å². The minimum absolute atomic E-state index is 0.175. The van der Waals surface area contributed by atoms with Crippen LogP contribution >= 0.6 is 0 Å². The molecule has 2 atom stereocenters. The van der Waals surface area contributed by atoms with Crippen LogP contribution in [0, 0.1) is 0 Å². The molecule has 2 unspecified atom stereocenters. The van der Waals surface area contributed by atoms with Crippen LogP contribution in [0.3, 0.4) is 0 Å². The first-order valence-electron chi connectivity index (χ1n) is 4.30. The van der Waals surface area contributed by atoms with Crippen molar-refractivity contribution in [3.63, 3.8) is 0 Å². The number of halogens is 4. The maximum absolute atomic E-state index is 13.3. The van der Waals surface area contributed by atoms with Crippen molar-refractivity contribution >= 4 is 8.07 Å². The first-order chi connectivity index (χ1) is 6.25. The Kier molecular flexibility index (Phi) is 2.90. The van der Waals surface area contributed by atoms with Crippen molar-refractivity contribution < 1.29 is 17.6 Å². The summed E-state index contributed by atoms with van der Waals surface area (Å²) >= 11 is 0. The first-order valence-corrected chi connectivity index (χ1v) is 7.80. The van der Waals surface area contributed by atoms with Crippen LogP contribution in [0.4, 0.5) is 17.6 Å². The zero-order valence-electron chi connectivity index (χ0n) is 8.24. The molecule has 0 N–H and O–H groups in total. The molecule has 0 aromatic heterocycles. The van der Waals surface area contributed by atoms with Crippen LogP contribution in [0.5, 0.6) is 0 Å². The van der Waals surface area contributed by atoms with Crippen molar-refractivity contribution in [1.29, 1.82) is 0 Å². The van der Waals surface area contributed by atoms with Gasteiger partial charge < -0.3 is 0 Å². The van der Waals surface area contributed by atoms with Crippen LogP contribution in [-0.2, 0) is 0 Å². The molecular weight excluding hydrogens is 212 g/mol. The standard InChI is InChI=1S/C9H12F4Si/c1-14(2,3)9-6(11)4-5(10)7(12)8(9)13/h4,6-7H,1-3H3. The topological polar surface area (TPSA) is 0 Å². The molecule has 0 bridgehead atoms. The molecule has 0 aliphatic heterocycles. The van der Waals surface area contributed by atoms with E-state index in [0.717, 1.165) is 0 Å². The Hall–Kier alpha value is -0.583. The Morgan fingerprint density at radius 2 is 1.64 bits per heavy atom. The Labute approximate surface area is 81.3 Å². The van der Waals surface area contributed by atoms with E-state index < -0.39 is 32.1 Å². The second kappa shape index (κ2) is 3.53. The van der Waals surface area contributed by atoms with Gasteiger partial charge in [-0.05, 0) is 11.3 Å². The highest BCUT2D eigenvalue weighted by Gasteiger charge is 2.38. The average molecular weight is 224 g/mol. The zero-order valence-corrected chi connectivity index (χ0v) is 9.24. The summed E-state index contributed by atoms with van der Waals surface area (Å²) in [5.41, 5.74) is 0. The molecule has 0 aromatic rings. The van der Waals surface area contributed by atoms with Gasteiger partial charge in [-0.3, -0.25) is 0 Å². The van der Waals surface area contributed by atoms with E-state index in [-0.39, 0.29) is 5.20 Å². The maximum Gasteiger partial charge on any atom is 0.202 e. The predicted molar refractivity (Wildman–Crippen MR) is 50.5 cm³/mol. The lowest BCUT2D eigenvalue weighted by Crippen LogP contribution is -2.34. The molecule has 0 radical (unpaired) electrons. The second-order valence-corrected chi connectivity index (χ2v) is 9.37. The number of allylic oxidation sites excluding steroid dienone is 4. The highest BCUT2D eigenvalue weighted by molar-refractivity contribution is 6.83. The van der Waals surface area contributed by atoms with Crippen molar-refractivity contribution in [2.75, 3.05) is 0 Å². The summed E-state index contributed by atoms with van der Waals surface area (Å²) in [4.78, 5) is 0. The summed E-state index contributed by atoms with van der Waals surface area (Å²) in [6.45, 7) is 5.08. The van der Waals surface area contributed by atoms with E-state index >= 15 is 0 Å². The van der Waals surface area contributed by atoms with Gasteiger partial charge in [0, 0.05) is 0 Å². The highest BCUT2D eigenvalue weighted by Crippen LogP contribution is 2.35. The molecule has 0 spiro atoms. The maximum atomic E-state index is 13.3. The molecular formula is C9H12F4Si. The van der Waals surface area contributed by atoms with E-state index in [4.69, 9.17) is 0 Å². The average Bonchev–Trinajstić information content (AvgIpc) is 1.97. The largest absolute Gasteiger partial charge is 0.238 e. The number of hydrogen-bond donors (Lipinski definition) is 0. The van der Waals surface area contributed by atoms with Gasteiger partial charge in [-0.1, -0.05) is 19.6 Å². The van der Waals surface area contributed by atoms with Crippen LogP contribution in [0.1, 0.15) is 0 Å². The Morgan fingerprint density at radius 1 is 1.14 bits per heavy atom. The fourth-order valence-electron chi connectivity index (χ4n) is 1.47. The molecule has 1 aliphatic rings. The zero-order chi connectivity index (χ0) is 11.1. The molecule has 5 heteroatoms. The summed E-state index contributed by atoms with van der Waals surface area (Å²) in [6.07, 6.45) is -3.70. The normalized spacial score (nSPS) is 29.2. The van der Waals surface area contributed by atoms with Crippen LogP contribution in [0.15, 0.2) is 22.9 Å². The van der Waals surface area contributed by atoms with Crippen molar-refractivity contribution in [2.45, 2.75) is 32.0 Å². The third-order valence-electron chi connectivity index (χ3n) is 2.11. The number of alkyl halides is 2. The number of hydrogen-bond acceptors (Lipinski definition) is 0. The lowest BCUT2D eigenvalue weighted by atomic mass is 10.1. The van der Waals surface area contributed by atoms with Gasteiger partial charge in [-0.2, -0.15) is 0 Å². The minimum atomic E-state index is -2.40. The minimum Gasteiger partial charge on any atom is -0.238 e. The lowest BCUT2D eigenvalue weighted by molar-refractivity contribution is 0.293. The molecule has 14 heavy (non-hydrogen) atoms. The van der Waals surface area contributed by atoms with Gasteiger partial charge in [0.25, 0.3) is 0 Å². The van der Waals surface area contributed by atoms with Crippen LogP contribution in [-0.4, -0.2) is 20.4 Å². The molecule has 0 aromatic carbocycles. The Morgan fingerprint density at radius 3 is 2.07 bits per heavy atom. The van der Waals surface area contributed by atoms with Gasteiger partial charge >= 0.3 is 0 Å². The molecule has 1 aliphatic carbocycles. The van der Waals surface area contributed by atoms with Crippen molar-refractivity contribution in [1.82, 2.24) is 0 Å². The molecule has 0 amide bonds. The first kappa shape index (κ1) is 11.5. The van der Waals surface area contributed by atoms with Gasteiger partial charge in [0.2, 0.25) is 6.17 Å². The van der Waals surface area contributed by atoms with Gasteiger partial charge in [0.05, 0.1) is 8.07 Å². The molecule has 0 heterocycles. The Balaban J connectivity index is 3.17. The van der Waals surface area contributed by atoms with E-state index in [2.05, 4.69) is 0 Å².